The number of phenolic OH excluding ortho intramolecular Hbond substituents is 1. The Morgan fingerprint density at radius 3 is 2.95 bits per heavy atom. The van der Waals surface area contributed by atoms with Crippen LogP contribution in [0.25, 0.3) is 0 Å². The Bertz CT molecular complexity index is 701. The molecule has 0 aliphatic carbocycles. The first-order chi connectivity index (χ1) is 10.1. The monoisotopic (exact) mass is 286 g/mol. The highest BCUT2D eigenvalue weighted by molar-refractivity contribution is 6.05. The summed E-state index contributed by atoms with van der Waals surface area (Å²) < 4.78 is 13.7. The molecular formula is C16H15FN2O2. The van der Waals surface area contributed by atoms with Crippen LogP contribution in [0.1, 0.15) is 22.3 Å². The SMILES string of the molecule is O=C(Nc1cccc2c1CCCN2)c1ccc(O)cc1F. The van der Waals surface area contributed by atoms with Crippen molar-refractivity contribution in [2.24, 2.45) is 0 Å². The van der Waals surface area contributed by atoms with Crippen LogP contribution >= 0.6 is 0 Å². The zero-order chi connectivity index (χ0) is 14.8. The molecule has 3 N–H and O–H groups in total. The van der Waals surface area contributed by atoms with Crippen molar-refractivity contribution in [2.75, 3.05) is 17.2 Å². The minimum Gasteiger partial charge on any atom is -0.508 e. The van der Waals surface area contributed by atoms with Crippen LogP contribution in [0.5, 0.6) is 5.75 Å². The minimum absolute atomic E-state index is 0.0887. The first-order valence-electron chi connectivity index (χ1n) is 6.81. The maximum Gasteiger partial charge on any atom is 0.258 e. The highest BCUT2D eigenvalue weighted by atomic mass is 19.1. The summed E-state index contributed by atoms with van der Waals surface area (Å²) in [5, 5.41) is 15.2. The lowest BCUT2D eigenvalue weighted by Crippen LogP contribution is -2.18. The smallest absolute Gasteiger partial charge is 0.258 e. The summed E-state index contributed by atoms with van der Waals surface area (Å²) in [5.74, 6) is -1.47. The molecule has 0 bridgehead atoms. The summed E-state index contributed by atoms with van der Waals surface area (Å²) in [6.45, 7) is 0.914. The van der Waals surface area contributed by atoms with Gasteiger partial charge in [0.1, 0.15) is 11.6 Å². The summed E-state index contributed by atoms with van der Waals surface area (Å²) >= 11 is 0. The molecule has 0 saturated heterocycles. The van der Waals surface area contributed by atoms with Gasteiger partial charge < -0.3 is 15.7 Å². The quantitative estimate of drug-likeness (QED) is 0.794. The summed E-state index contributed by atoms with van der Waals surface area (Å²) in [5.41, 5.74) is 2.65. The van der Waals surface area contributed by atoms with E-state index in [1.807, 2.05) is 18.2 Å². The van der Waals surface area contributed by atoms with Crippen molar-refractivity contribution >= 4 is 17.3 Å². The van der Waals surface area contributed by atoms with Crippen molar-refractivity contribution in [2.45, 2.75) is 12.8 Å². The van der Waals surface area contributed by atoms with E-state index >= 15 is 0 Å². The largest absolute Gasteiger partial charge is 0.508 e. The number of hydrogen-bond acceptors (Lipinski definition) is 3. The van der Waals surface area contributed by atoms with Crippen LogP contribution in [0.4, 0.5) is 15.8 Å². The molecule has 1 amide bonds. The van der Waals surface area contributed by atoms with Gasteiger partial charge in [-0.25, -0.2) is 4.39 Å². The van der Waals surface area contributed by atoms with Crippen molar-refractivity contribution in [3.8, 4) is 5.75 Å². The fourth-order valence-electron chi connectivity index (χ4n) is 2.50. The molecule has 1 heterocycles. The van der Waals surface area contributed by atoms with E-state index in [2.05, 4.69) is 10.6 Å². The van der Waals surface area contributed by atoms with Crippen molar-refractivity contribution < 1.29 is 14.3 Å². The Morgan fingerprint density at radius 2 is 2.14 bits per heavy atom. The van der Waals surface area contributed by atoms with E-state index in [1.54, 1.807) is 0 Å². The van der Waals surface area contributed by atoms with E-state index in [1.165, 1.54) is 12.1 Å². The summed E-state index contributed by atoms with van der Waals surface area (Å²) in [7, 11) is 0. The number of phenols is 1. The van der Waals surface area contributed by atoms with E-state index in [0.717, 1.165) is 36.7 Å². The second-order valence-corrected chi connectivity index (χ2v) is 4.98. The van der Waals surface area contributed by atoms with Crippen LogP contribution in [0.2, 0.25) is 0 Å². The Balaban J connectivity index is 1.88. The predicted molar refractivity (Wildman–Crippen MR) is 79.3 cm³/mol. The molecule has 0 fully saturated rings. The van der Waals surface area contributed by atoms with Crippen molar-refractivity contribution in [3.05, 3.63) is 53.3 Å². The third-order valence-corrected chi connectivity index (χ3v) is 3.54. The highest BCUT2D eigenvalue weighted by Gasteiger charge is 2.17. The summed E-state index contributed by atoms with van der Waals surface area (Å²) in [4.78, 5) is 12.2. The van der Waals surface area contributed by atoms with Crippen molar-refractivity contribution in [1.82, 2.24) is 0 Å². The molecule has 21 heavy (non-hydrogen) atoms. The Labute approximate surface area is 121 Å². The van der Waals surface area contributed by atoms with Crippen LogP contribution in [0.3, 0.4) is 0 Å². The van der Waals surface area contributed by atoms with Gasteiger partial charge in [-0.3, -0.25) is 4.79 Å². The van der Waals surface area contributed by atoms with E-state index in [9.17, 15) is 14.3 Å². The first kappa shape index (κ1) is 13.4. The van der Waals surface area contributed by atoms with Crippen LogP contribution in [0.15, 0.2) is 36.4 Å². The molecule has 2 aromatic rings. The lowest BCUT2D eigenvalue weighted by Gasteiger charge is -2.21. The first-order valence-corrected chi connectivity index (χ1v) is 6.81. The topological polar surface area (TPSA) is 61.4 Å². The van der Waals surface area contributed by atoms with Gasteiger partial charge in [-0.1, -0.05) is 6.07 Å². The molecule has 108 valence electrons. The molecule has 4 nitrogen and oxygen atoms in total. The van der Waals surface area contributed by atoms with Gasteiger partial charge in [-0.05, 0) is 42.7 Å². The van der Waals surface area contributed by atoms with Gasteiger partial charge in [0.25, 0.3) is 5.91 Å². The summed E-state index contributed by atoms with van der Waals surface area (Å²) in [6, 6.07) is 9.11. The highest BCUT2D eigenvalue weighted by Crippen LogP contribution is 2.29. The van der Waals surface area contributed by atoms with Crippen LogP contribution < -0.4 is 10.6 Å². The molecule has 0 spiro atoms. The molecule has 0 unspecified atom stereocenters. The lowest BCUT2D eigenvalue weighted by atomic mass is 10.0. The molecule has 0 radical (unpaired) electrons. The zero-order valence-corrected chi connectivity index (χ0v) is 11.3. The lowest BCUT2D eigenvalue weighted by molar-refractivity contribution is 0.102. The van der Waals surface area contributed by atoms with Crippen LogP contribution in [0, 0.1) is 5.82 Å². The van der Waals surface area contributed by atoms with E-state index in [4.69, 9.17) is 0 Å². The van der Waals surface area contributed by atoms with Gasteiger partial charge in [0.05, 0.1) is 5.56 Å². The van der Waals surface area contributed by atoms with Gasteiger partial charge in [0.15, 0.2) is 0 Å². The number of fused-ring (bicyclic) bond motifs is 1. The third-order valence-electron chi connectivity index (χ3n) is 3.54. The number of benzene rings is 2. The standard InChI is InChI=1S/C16H15FN2O2/c17-13-9-10(20)6-7-11(13)16(21)19-15-5-1-4-14-12(15)3-2-8-18-14/h1,4-7,9,18,20H,2-3,8H2,(H,19,21). The number of nitrogens with one attached hydrogen (secondary N) is 2. The van der Waals surface area contributed by atoms with Gasteiger partial charge in [0, 0.05) is 24.0 Å². The number of aromatic hydroxyl groups is 1. The summed E-state index contributed by atoms with van der Waals surface area (Å²) in [6.07, 6.45) is 1.87. The second-order valence-electron chi connectivity index (χ2n) is 4.98. The van der Waals surface area contributed by atoms with Crippen LogP contribution in [-0.2, 0) is 6.42 Å². The van der Waals surface area contributed by atoms with Crippen molar-refractivity contribution in [3.63, 3.8) is 0 Å². The predicted octanol–water partition coefficient (Wildman–Crippen LogP) is 3.14. The normalized spacial score (nSPS) is 13.2. The molecule has 5 heteroatoms. The zero-order valence-electron chi connectivity index (χ0n) is 11.3. The van der Waals surface area contributed by atoms with Gasteiger partial charge in [-0.2, -0.15) is 0 Å². The molecule has 0 aromatic heterocycles. The second kappa shape index (κ2) is 5.44. The number of amides is 1. The molecule has 0 atom stereocenters. The average Bonchev–Trinajstić information content (AvgIpc) is 2.47. The number of carbonyl (C=O) groups is 1. The Hall–Kier alpha value is -2.56. The number of hydrogen-bond donors (Lipinski definition) is 3. The third kappa shape index (κ3) is 2.67. The fourth-order valence-corrected chi connectivity index (χ4v) is 2.50. The van der Waals surface area contributed by atoms with E-state index in [-0.39, 0.29) is 11.3 Å². The molecule has 0 saturated carbocycles. The molecular weight excluding hydrogens is 271 g/mol. The molecule has 3 rings (SSSR count). The maximum absolute atomic E-state index is 13.7. The van der Waals surface area contributed by atoms with E-state index < -0.39 is 11.7 Å². The van der Waals surface area contributed by atoms with Crippen LogP contribution in [-0.4, -0.2) is 17.6 Å². The van der Waals surface area contributed by atoms with Crippen molar-refractivity contribution in [1.29, 1.82) is 0 Å². The maximum atomic E-state index is 13.7. The fraction of sp³-hybridized carbons (Fsp3) is 0.188. The van der Waals surface area contributed by atoms with E-state index in [0.29, 0.717) is 5.69 Å². The molecule has 1 aliphatic rings. The van der Waals surface area contributed by atoms with Gasteiger partial charge >= 0.3 is 0 Å². The molecule has 1 aliphatic heterocycles. The van der Waals surface area contributed by atoms with Gasteiger partial charge in [-0.15, -0.1) is 0 Å². The number of rotatable bonds is 2. The minimum atomic E-state index is -0.740. The Morgan fingerprint density at radius 1 is 1.29 bits per heavy atom. The number of anilines is 2. The average molecular weight is 286 g/mol. The number of carbonyl (C=O) groups excluding carboxylic acids is 1. The Kier molecular flexibility index (Phi) is 3.48. The molecule has 2 aromatic carbocycles. The van der Waals surface area contributed by atoms with Gasteiger partial charge in [0.2, 0.25) is 0 Å². The number of halogens is 1.